The molecule has 1 atom stereocenters. The lowest BCUT2D eigenvalue weighted by Gasteiger charge is -2.35. The summed E-state index contributed by atoms with van der Waals surface area (Å²) in [7, 11) is 0. The summed E-state index contributed by atoms with van der Waals surface area (Å²) in [6.45, 7) is 8.47. The van der Waals surface area contributed by atoms with Crippen LogP contribution in [0.25, 0.3) is 0 Å². The Morgan fingerprint density at radius 1 is 1.10 bits per heavy atom. The Balaban J connectivity index is 2.58. The van der Waals surface area contributed by atoms with Gasteiger partial charge in [0.25, 0.3) is 0 Å². The summed E-state index contributed by atoms with van der Waals surface area (Å²) in [6.07, 6.45) is 5.37. The Hall–Kier alpha value is -1.10. The van der Waals surface area contributed by atoms with Crippen LogP contribution in [0.3, 0.4) is 0 Å². The topological polar surface area (TPSA) is 60.9 Å². The number of carboxylic acid groups (broad SMARTS) is 1. The second kappa shape index (κ2) is 9.03. The maximum Gasteiger partial charge on any atom is 0.303 e. The first kappa shape index (κ1) is 18.0. The van der Waals surface area contributed by atoms with Gasteiger partial charge >= 0.3 is 5.97 Å². The van der Waals surface area contributed by atoms with Crippen molar-refractivity contribution in [3.8, 4) is 0 Å². The summed E-state index contributed by atoms with van der Waals surface area (Å²) in [5.41, 5.74) is 0. The molecule has 0 spiro atoms. The molecule has 1 aliphatic rings. The minimum absolute atomic E-state index is 0.161. The van der Waals surface area contributed by atoms with Crippen molar-refractivity contribution in [2.24, 2.45) is 0 Å². The minimum atomic E-state index is -0.773. The molecule has 1 rings (SSSR count). The summed E-state index contributed by atoms with van der Waals surface area (Å²) < 4.78 is 0. The Kier molecular flexibility index (Phi) is 7.72. The van der Waals surface area contributed by atoms with E-state index >= 15 is 0 Å². The van der Waals surface area contributed by atoms with Crippen molar-refractivity contribution in [3.05, 3.63) is 0 Å². The summed E-state index contributed by atoms with van der Waals surface area (Å²) in [5, 5.41) is 8.75. The van der Waals surface area contributed by atoms with Gasteiger partial charge in [0.05, 0.1) is 6.04 Å². The smallest absolute Gasteiger partial charge is 0.303 e. The number of rotatable bonds is 7. The predicted octanol–water partition coefficient (Wildman–Crippen LogP) is 2.35. The van der Waals surface area contributed by atoms with Crippen LogP contribution in [-0.2, 0) is 9.59 Å². The molecule has 0 radical (unpaired) electrons. The van der Waals surface area contributed by atoms with Gasteiger partial charge < -0.3 is 10.0 Å². The van der Waals surface area contributed by atoms with Crippen molar-refractivity contribution >= 4 is 11.9 Å². The number of nitrogens with zero attached hydrogens (tertiary/aromatic N) is 2. The molecule has 0 aromatic heterocycles. The fourth-order valence-corrected chi connectivity index (χ4v) is 3.01. The van der Waals surface area contributed by atoms with Crippen molar-refractivity contribution in [2.45, 2.75) is 71.4 Å². The molecule has 0 aromatic carbocycles. The van der Waals surface area contributed by atoms with E-state index in [0.717, 1.165) is 25.9 Å². The Morgan fingerprint density at radius 2 is 1.67 bits per heavy atom. The molecule has 1 saturated heterocycles. The number of likely N-dealkylation sites (tertiary alicyclic amines) is 1. The van der Waals surface area contributed by atoms with Crippen LogP contribution in [0.15, 0.2) is 0 Å². The molecular formula is C16H30N2O3. The van der Waals surface area contributed by atoms with Gasteiger partial charge in [-0.25, -0.2) is 0 Å². The van der Waals surface area contributed by atoms with Gasteiger partial charge in [0.2, 0.25) is 5.91 Å². The maximum atomic E-state index is 12.7. The van der Waals surface area contributed by atoms with Crippen LogP contribution in [0.4, 0.5) is 0 Å². The van der Waals surface area contributed by atoms with E-state index in [1.54, 1.807) is 0 Å². The standard InChI is InChI=1S/C16H30N2O3/c1-13(2)18(12-8-9-15(19)20)14(3)16(21)17-10-6-4-5-7-11-17/h13-14H,4-12H2,1-3H3,(H,19,20). The van der Waals surface area contributed by atoms with Crippen LogP contribution >= 0.6 is 0 Å². The van der Waals surface area contributed by atoms with Crippen molar-refractivity contribution in [1.82, 2.24) is 9.80 Å². The molecule has 1 aliphatic heterocycles. The Morgan fingerprint density at radius 3 is 2.14 bits per heavy atom. The molecule has 1 N–H and O–H groups in total. The van der Waals surface area contributed by atoms with Gasteiger partial charge in [-0.15, -0.1) is 0 Å². The SMILES string of the molecule is CC(C)N(CCCC(=O)O)C(C)C(=O)N1CCCCCC1. The van der Waals surface area contributed by atoms with Crippen molar-refractivity contribution < 1.29 is 14.7 Å². The largest absolute Gasteiger partial charge is 0.481 e. The molecule has 5 nitrogen and oxygen atoms in total. The second-order valence-electron chi connectivity index (χ2n) is 6.24. The van der Waals surface area contributed by atoms with Gasteiger partial charge in [-0.2, -0.15) is 0 Å². The van der Waals surface area contributed by atoms with Crippen molar-refractivity contribution in [2.75, 3.05) is 19.6 Å². The van der Waals surface area contributed by atoms with Gasteiger partial charge in [0.15, 0.2) is 0 Å². The highest BCUT2D eigenvalue weighted by molar-refractivity contribution is 5.81. The van der Waals surface area contributed by atoms with E-state index in [4.69, 9.17) is 5.11 Å². The highest BCUT2D eigenvalue weighted by Crippen LogP contribution is 2.15. The third-order valence-electron chi connectivity index (χ3n) is 4.24. The molecule has 1 unspecified atom stereocenters. The minimum Gasteiger partial charge on any atom is -0.481 e. The molecule has 21 heavy (non-hydrogen) atoms. The maximum absolute atomic E-state index is 12.7. The van der Waals surface area contributed by atoms with Gasteiger partial charge in [-0.3, -0.25) is 14.5 Å². The fourth-order valence-electron chi connectivity index (χ4n) is 3.01. The third-order valence-corrected chi connectivity index (χ3v) is 4.24. The van der Waals surface area contributed by atoms with Crippen LogP contribution in [0.5, 0.6) is 0 Å². The highest BCUT2D eigenvalue weighted by atomic mass is 16.4. The molecule has 1 fully saturated rings. The number of carbonyl (C=O) groups is 2. The molecule has 0 bridgehead atoms. The number of hydrogen-bond donors (Lipinski definition) is 1. The van der Waals surface area contributed by atoms with E-state index in [0.29, 0.717) is 13.0 Å². The first-order chi connectivity index (χ1) is 9.93. The molecule has 0 aromatic rings. The normalized spacial score (nSPS) is 17.9. The molecule has 0 aliphatic carbocycles. The van der Waals surface area contributed by atoms with Crippen LogP contribution in [0.1, 0.15) is 59.3 Å². The number of carboxylic acids is 1. The summed E-state index contributed by atoms with van der Waals surface area (Å²) in [6, 6.07) is 0.0709. The summed E-state index contributed by atoms with van der Waals surface area (Å²) >= 11 is 0. The fraction of sp³-hybridized carbons (Fsp3) is 0.875. The zero-order valence-electron chi connectivity index (χ0n) is 13.7. The molecule has 5 heteroatoms. The second-order valence-corrected chi connectivity index (χ2v) is 6.24. The lowest BCUT2D eigenvalue weighted by molar-refractivity contribution is -0.137. The van der Waals surface area contributed by atoms with Crippen LogP contribution in [0, 0.1) is 0 Å². The van der Waals surface area contributed by atoms with Crippen molar-refractivity contribution in [3.63, 3.8) is 0 Å². The zero-order chi connectivity index (χ0) is 15.8. The predicted molar refractivity (Wildman–Crippen MR) is 83.2 cm³/mol. The average Bonchev–Trinajstić information content (AvgIpc) is 2.70. The van der Waals surface area contributed by atoms with E-state index in [1.807, 2.05) is 11.8 Å². The zero-order valence-corrected chi connectivity index (χ0v) is 13.7. The van der Waals surface area contributed by atoms with Gasteiger partial charge in [-0.05, 0) is 46.6 Å². The number of amides is 1. The van der Waals surface area contributed by atoms with Crippen LogP contribution in [0.2, 0.25) is 0 Å². The van der Waals surface area contributed by atoms with Crippen molar-refractivity contribution in [1.29, 1.82) is 0 Å². The molecule has 0 saturated carbocycles. The lowest BCUT2D eigenvalue weighted by Crippen LogP contribution is -2.50. The van der Waals surface area contributed by atoms with E-state index in [9.17, 15) is 9.59 Å². The molecule has 1 heterocycles. The van der Waals surface area contributed by atoms with Gasteiger partial charge in [0.1, 0.15) is 0 Å². The van der Waals surface area contributed by atoms with Gasteiger partial charge in [-0.1, -0.05) is 12.8 Å². The monoisotopic (exact) mass is 298 g/mol. The number of carbonyl (C=O) groups excluding carboxylic acids is 1. The first-order valence-electron chi connectivity index (χ1n) is 8.19. The highest BCUT2D eigenvalue weighted by Gasteiger charge is 2.27. The van der Waals surface area contributed by atoms with E-state index in [2.05, 4.69) is 18.7 Å². The third kappa shape index (κ3) is 6.04. The molecule has 1 amide bonds. The number of hydrogen-bond acceptors (Lipinski definition) is 3. The van der Waals surface area contributed by atoms with Gasteiger partial charge in [0, 0.05) is 25.6 Å². The number of aliphatic carboxylic acids is 1. The molecule has 122 valence electrons. The van der Waals surface area contributed by atoms with Crippen LogP contribution < -0.4 is 0 Å². The Labute approximate surface area is 128 Å². The molecular weight excluding hydrogens is 268 g/mol. The Bertz CT molecular complexity index is 336. The van der Waals surface area contributed by atoms with Crippen LogP contribution in [-0.4, -0.2) is 58.5 Å². The van der Waals surface area contributed by atoms with E-state index in [-0.39, 0.29) is 24.4 Å². The van der Waals surface area contributed by atoms with E-state index in [1.165, 1.54) is 12.8 Å². The summed E-state index contributed by atoms with van der Waals surface area (Å²) in [5.74, 6) is -0.578. The average molecular weight is 298 g/mol. The lowest BCUT2D eigenvalue weighted by atomic mass is 10.1. The summed E-state index contributed by atoms with van der Waals surface area (Å²) in [4.78, 5) is 27.4. The quantitative estimate of drug-likeness (QED) is 0.784. The van der Waals surface area contributed by atoms with E-state index < -0.39 is 5.97 Å². The first-order valence-corrected chi connectivity index (χ1v) is 8.19.